The van der Waals surface area contributed by atoms with E-state index < -0.39 is 5.97 Å². The lowest BCUT2D eigenvalue weighted by Crippen LogP contribution is -2.10. The van der Waals surface area contributed by atoms with Gasteiger partial charge in [0, 0.05) is 6.92 Å². The van der Waals surface area contributed by atoms with Gasteiger partial charge in [-0.2, -0.15) is 0 Å². The molecule has 0 atom stereocenters. The zero-order valence-electron chi connectivity index (χ0n) is 10.5. The number of rotatable bonds is 4. The van der Waals surface area contributed by atoms with Crippen LogP contribution in [0.4, 0.5) is 0 Å². The van der Waals surface area contributed by atoms with Gasteiger partial charge in [-0.3, -0.25) is 4.79 Å². The number of halogens is 2. The minimum atomic E-state index is -0.857. The Hall–Kier alpha value is -1.59. The van der Waals surface area contributed by atoms with Gasteiger partial charge in [-0.1, -0.05) is 28.4 Å². The molecule has 0 amide bonds. The van der Waals surface area contributed by atoms with E-state index in [-0.39, 0.29) is 32.9 Å². The van der Waals surface area contributed by atoms with Crippen LogP contribution in [0.5, 0.6) is 5.75 Å². The van der Waals surface area contributed by atoms with E-state index in [0.29, 0.717) is 0 Å². The molecule has 1 aromatic carbocycles. The molecule has 0 saturated carbocycles. The van der Waals surface area contributed by atoms with E-state index in [9.17, 15) is 9.59 Å². The van der Waals surface area contributed by atoms with Gasteiger partial charge < -0.3 is 9.57 Å². The predicted molar refractivity (Wildman–Crippen MR) is 72.2 cm³/mol. The van der Waals surface area contributed by atoms with E-state index in [1.807, 2.05) is 0 Å². The molecule has 0 bridgehead atoms. The van der Waals surface area contributed by atoms with Crippen molar-refractivity contribution in [3.8, 4) is 5.75 Å². The summed E-state index contributed by atoms with van der Waals surface area (Å²) in [5.74, 6) is -1.07. The molecule has 0 aliphatic carbocycles. The summed E-state index contributed by atoms with van der Waals surface area (Å²) in [6.07, 6.45) is 0. The van der Waals surface area contributed by atoms with Crippen LogP contribution in [-0.4, -0.2) is 24.6 Å². The molecule has 0 saturated heterocycles. The van der Waals surface area contributed by atoms with Gasteiger partial charge in [-0.15, -0.1) is 0 Å². The average molecular weight is 304 g/mol. The van der Waals surface area contributed by atoms with Crippen LogP contribution in [0, 0.1) is 0 Å². The van der Waals surface area contributed by atoms with Crippen molar-refractivity contribution in [1.82, 2.24) is 0 Å². The van der Waals surface area contributed by atoms with Crippen molar-refractivity contribution in [2.45, 2.75) is 13.8 Å². The Balaban J connectivity index is 3.10. The number of oxime groups is 1. The molecular formula is C12H11Cl2NO4. The molecule has 0 unspecified atom stereocenters. The van der Waals surface area contributed by atoms with Crippen LogP contribution in [-0.2, 0) is 9.63 Å². The van der Waals surface area contributed by atoms with E-state index in [4.69, 9.17) is 27.9 Å². The van der Waals surface area contributed by atoms with E-state index in [0.717, 1.165) is 0 Å². The van der Waals surface area contributed by atoms with Crippen molar-refractivity contribution < 1.29 is 19.2 Å². The lowest BCUT2D eigenvalue weighted by atomic mass is 10.2. The number of Topliss-reactive ketones (excluding diaryl/α,β-unsaturated/α-hetero) is 1. The van der Waals surface area contributed by atoms with Crippen molar-refractivity contribution in [1.29, 1.82) is 0 Å². The van der Waals surface area contributed by atoms with Gasteiger partial charge in [0.05, 0.1) is 17.2 Å². The predicted octanol–water partition coefficient (Wildman–Crippen LogP) is 3.12. The first kappa shape index (κ1) is 15.5. The maximum atomic E-state index is 11.9. The molecule has 0 aliphatic heterocycles. The molecule has 0 heterocycles. The summed E-state index contributed by atoms with van der Waals surface area (Å²) in [5, 5.41) is 3.73. The number of hydrogen-bond donors (Lipinski definition) is 0. The second kappa shape index (κ2) is 6.54. The zero-order valence-corrected chi connectivity index (χ0v) is 12.0. The highest BCUT2D eigenvalue weighted by Gasteiger charge is 2.21. The van der Waals surface area contributed by atoms with Crippen molar-refractivity contribution >= 4 is 40.7 Å². The molecule has 7 heteroatoms. The molecule has 1 aromatic rings. The van der Waals surface area contributed by atoms with Crippen LogP contribution in [0.1, 0.15) is 24.2 Å². The Morgan fingerprint density at radius 3 is 2.26 bits per heavy atom. The molecular weight excluding hydrogens is 293 g/mol. The summed E-state index contributed by atoms with van der Waals surface area (Å²) in [6, 6.07) is 2.92. The molecule has 102 valence electrons. The maximum Gasteiger partial charge on any atom is 0.371 e. The molecule has 1 rings (SSSR count). The quantitative estimate of drug-likeness (QED) is 0.487. The van der Waals surface area contributed by atoms with E-state index in [2.05, 4.69) is 9.99 Å². The van der Waals surface area contributed by atoms with Crippen LogP contribution < -0.4 is 4.74 Å². The number of ether oxygens (including phenoxy) is 1. The highest BCUT2D eigenvalue weighted by molar-refractivity contribution is 6.38. The molecule has 0 fully saturated rings. The number of nitrogens with zero attached hydrogens (tertiary/aromatic N) is 1. The molecule has 0 aliphatic rings. The summed E-state index contributed by atoms with van der Waals surface area (Å²) in [4.78, 5) is 27.4. The van der Waals surface area contributed by atoms with Gasteiger partial charge in [0.2, 0.25) is 0 Å². The first-order valence-electron chi connectivity index (χ1n) is 5.17. The van der Waals surface area contributed by atoms with E-state index in [1.165, 1.54) is 33.1 Å². The third kappa shape index (κ3) is 3.68. The zero-order chi connectivity index (χ0) is 14.6. The summed E-state index contributed by atoms with van der Waals surface area (Å²) >= 11 is 11.8. The van der Waals surface area contributed by atoms with Crippen molar-refractivity contribution in [2.24, 2.45) is 5.16 Å². The monoisotopic (exact) mass is 303 g/mol. The molecule has 0 N–H and O–H groups in total. The van der Waals surface area contributed by atoms with Crippen molar-refractivity contribution in [3.63, 3.8) is 0 Å². The second-order valence-electron chi connectivity index (χ2n) is 3.55. The molecule has 5 nitrogen and oxygen atoms in total. The lowest BCUT2D eigenvalue weighted by Gasteiger charge is -2.09. The summed E-state index contributed by atoms with van der Waals surface area (Å²) < 4.78 is 5.00. The highest BCUT2D eigenvalue weighted by Crippen LogP contribution is 2.34. The standard InChI is InChI=1S/C12H11Cl2NO4/c1-6(7(2)16)15-19-12(17)10-8(13)4-5-9(14)11(10)18-3/h4-5H,1-3H3/b15-6+. The van der Waals surface area contributed by atoms with Gasteiger partial charge in [0.1, 0.15) is 11.3 Å². The topological polar surface area (TPSA) is 65.0 Å². The Morgan fingerprint density at radius 2 is 1.74 bits per heavy atom. The van der Waals surface area contributed by atoms with Crippen LogP contribution in [0.3, 0.4) is 0 Å². The average Bonchev–Trinajstić information content (AvgIpc) is 2.37. The van der Waals surface area contributed by atoms with E-state index >= 15 is 0 Å². The van der Waals surface area contributed by atoms with Crippen LogP contribution in [0.15, 0.2) is 17.3 Å². The number of carbonyl (C=O) groups is 2. The normalized spacial score (nSPS) is 11.1. The van der Waals surface area contributed by atoms with Gasteiger partial charge >= 0.3 is 5.97 Å². The Labute approximate surface area is 120 Å². The number of hydrogen-bond acceptors (Lipinski definition) is 5. The fourth-order valence-electron chi connectivity index (χ4n) is 1.14. The van der Waals surface area contributed by atoms with Crippen molar-refractivity contribution in [3.05, 3.63) is 27.7 Å². The van der Waals surface area contributed by atoms with Gasteiger partial charge in [-0.05, 0) is 19.1 Å². The Bertz CT molecular complexity index is 555. The SMILES string of the molecule is COc1c(Cl)ccc(Cl)c1C(=O)O/N=C(\C)C(C)=O. The maximum absolute atomic E-state index is 11.9. The third-order valence-corrected chi connectivity index (χ3v) is 2.85. The molecule has 19 heavy (non-hydrogen) atoms. The largest absolute Gasteiger partial charge is 0.494 e. The fourth-order valence-corrected chi connectivity index (χ4v) is 1.60. The summed E-state index contributed by atoms with van der Waals surface area (Å²) in [6.45, 7) is 2.73. The Kier molecular flexibility index (Phi) is 5.32. The third-order valence-electron chi connectivity index (χ3n) is 2.24. The number of ketones is 1. The van der Waals surface area contributed by atoms with Gasteiger partial charge in [-0.25, -0.2) is 4.79 Å². The van der Waals surface area contributed by atoms with Gasteiger partial charge in [0.15, 0.2) is 11.5 Å². The minimum absolute atomic E-state index is 0.0447. The minimum Gasteiger partial charge on any atom is -0.494 e. The summed E-state index contributed by atoms with van der Waals surface area (Å²) in [5.41, 5.74) is 0.0160. The first-order chi connectivity index (χ1) is 8.88. The highest BCUT2D eigenvalue weighted by atomic mass is 35.5. The van der Waals surface area contributed by atoms with E-state index in [1.54, 1.807) is 0 Å². The number of benzene rings is 1. The number of carbonyl (C=O) groups excluding carboxylic acids is 2. The number of methoxy groups -OCH3 is 1. The summed E-state index contributed by atoms with van der Waals surface area (Å²) in [7, 11) is 1.35. The fraction of sp³-hybridized carbons (Fsp3) is 0.250. The van der Waals surface area contributed by atoms with Crippen LogP contribution in [0.2, 0.25) is 10.0 Å². The Morgan fingerprint density at radius 1 is 1.16 bits per heavy atom. The molecule has 0 radical (unpaired) electrons. The smallest absolute Gasteiger partial charge is 0.371 e. The van der Waals surface area contributed by atoms with Crippen LogP contribution >= 0.6 is 23.2 Å². The van der Waals surface area contributed by atoms with Gasteiger partial charge in [0.25, 0.3) is 0 Å². The molecule has 0 aromatic heterocycles. The van der Waals surface area contributed by atoms with Crippen LogP contribution in [0.25, 0.3) is 0 Å². The van der Waals surface area contributed by atoms with Crippen molar-refractivity contribution in [2.75, 3.05) is 7.11 Å². The lowest BCUT2D eigenvalue weighted by molar-refractivity contribution is -0.111. The molecule has 0 spiro atoms. The second-order valence-corrected chi connectivity index (χ2v) is 4.36. The first-order valence-corrected chi connectivity index (χ1v) is 5.93.